The van der Waals surface area contributed by atoms with E-state index in [1.54, 1.807) is 0 Å². The molecular weight excluding hydrogens is 307 g/mol. The maximum atomic E-state index is 13.5. The molecule has 8 heteroatoms. The first-order chi connectivity index (χ1) is 11.1. The third-order valence-corrected chi connectivity index (χ3v) is 2.97. The van der Waals surface area contributed by atoms with Gasteiger partial charge in [0.2, 0.25) is 0 Å². The Bertz CT molecular complexity index is 843. The minimum absolute atomic E-state index is 0.114. The lowest BCUT2D eigenvalue weighted by atomic mass is 10.3. The van der Waals surface area contributed by atoms with Crippen LogP contribution >= 0.6 is 0 Å². The second-order valence-corrected chi connectivity index (χ2v) is 4.53. The van der Waals surface area contributed by atoms with Gasteiger partial charge in [0, 0.05) is 18.3 Å². The van der Waals surface area contributed by atoms with Crippen molar-refractivity contribution >= 4 is 11.8 Å². The highest BCUT2D eigenvalue weighted by Gasteiger charge is 2.06. The fourth-order valence-corrected chi connectivity index (χ4v) is 1.88. The van der Waals surface area contributed by atoms with Crippen molar-refractivity contribution in [2.75, 3.05) is 5.32 Å². The molecule has 0 amide bonds. The average Bonchev–Trinajstić information content (AvgIpc) is 2.99. The molecule has 0 radical (unpaired) electrons. The fourth-order valence-electron chi connectivity index (χ4n) is 1.88. The van der Waals surface area contributed by atoms with Crippen molar-refractivity contribution in [3.8, 4) is 5.69 Å². The SMILES string of the molecule is Fc1ccc(-n2nnnc2C=CNc2ccc(F)cc2F)cc1. The maximum absolute atomic E-state index is 13.5. The smallest absolute Gasteiger partial charge is 0.181 e. The minimum atomic E-state index is -0.715. The van der Waals surface area contributed by atoms with Crippen LogP contribution in [-0.4, -0.2) is 20.2 Å². The molecule has 0 fully saturated rings. The highest BCUT2D eigenvalue weighted by Crippen LogP contribution is 2.15. The van der Waals surface area contributed by atoms with E-state index in [0.717, 1.165) is 12.1 Å². The third-order valence-electron chi connectivity index (χ3n) is 2.97. The molecule has 2 aromatic carbocycles. The highest BCUT2D eigenvalue weighted by atomic mass is 19.1. The molecule has 3 rings (SSSR count). The highest BCUT2D eigenvalue weighted by molar-refractivity contribution is 5.53. The maximum Gasteiger partial charge on any atom is 0.181 e. The predicted molar refractivity (Wildman–Crippen MR) is 78.1 cm³/mol. The first kappa shape index (κ1) is 14.8. The summed E-state index contributed by atoms with van der Waals surface area (Å²) in [6, 6.07) is 8.82. The summed E-state index contributed by atoms with van der Waals surface area (Å²) in [6.07, 6.45) is 2.92. The summed E-state index contributed by atoms with van der Waals surface area (Å²) in [5.74, 6) is -1.39. The van der Waals surface area contributed by atoms with Gasteiger partial charge < -0.3 is 5.32 Å². The predicted octanol–water partition coefficient (Wildman–Crippen LogP) is 3.16. The first-order valence-corrected chi connectivity index (χ1v) is 6.56. The Morgan fingerprint density at radius 3 is 2.43 bits per heavy atom. The lowest BCUT2D eigenvalue weighted by Crippen LogP contribution is -2.00. The Kier molecular flexibility index (Phi) is 4.05. The van der Waals surface area contributed by atoms with Gasteiger partial charge in [0.05, 0.1) is 11.4 Å². The van der Waals surface area contributed by atoms with Gasteiger partial charge in [-0.2, -0.15) is 4.68 Å². The summed E-state index contributed by atoms with van der Waals surface area (Å²) in [6.45, 7) is 0. The van der Waals surface area contributed by atoms with Gasteiger partial charge in [-0.3, -0.25) is 0 Å². The summed E-state index contributed by atoms with van der Waals surface area (Å²) in [7, 11) is 0. The van der Waals surface area contributed by atoms with Crippen molar-refractivity contribution in [1.29, 1.82) is 0 Å². The Morgan fingerprint density at radius 1 is 0.957 bits per heavy atom. The van der Waals surface area contributed by atoms with Crippen molar-refractivity contribution in [1.82, 2.24) is 20.2 Å². The van der Waals surface area contributed by atoms with Crippen LogP contribution in [0.25, 0.3) is 11.8 Å². The van der Waals surface area contributed by atoms with Gasteiger partial charge in [-0.05, 0) is 46.8 Å². The van der Waals surface area contributed by atoms with E-state index in [1.807, 2.05) is 0 Å². The molecule has 116 valence electrons. The normalized spacial score (nSPS) is 11.1. The number of benzene rings is 2. The van der Waals surface area contributed by atoms with Crippen LogP contribution < -0.4 is 5.32 Å². The van der Waals surface area contributed by atoms with Crippen LogP contribution in [-0.2, 0) is 0 Å². The summed E-state index contributed by atoms with van der Waals surface area (Å²) >= 11 is 0. The van der Waals surface area contributed by atoms with E-state index < -0.39 is 11.6 Å². The van der Waals surface area contributed by atoms with E-state index in [1.165, 1.54) is 47.3 Å². The van der Waals surface area contributed by atoms with Gasteiger partial charge in [-0.15, -0.1) is 5.10 Å². The standard InChI is InChI=1S/C15H10F3N5/c16-10-1-4-12(5-2-10)23-15(20-21-22-23)7-8-19-14-6-3-11(17)9-13(14)18/h1-9,19H. The zero-order valence-electron chi connectivity index (χ0n) is 11.6. The van der Waals surface area contributed by atoms with Gasteiger partial charge in [0.15, 0.2) is 5.82 Å². The second-order valence-electron chi connectivity index (χ2n) is 4.53. The molecule has 0 bridgehead atoms. The number of nitrogens with one attached hydrogen (secondary N) is 1. The molecule has 0 atom stereocenters. The zero-order valence-corrected chi connectivity index (χ0v) is 11.6. The van der Waals surface area contributed by atoms with Crippen LogP contribution in [0.1, 0.15) is 5.82 Å². The van der Waals surface area contributed by atoms with Crippen molar-refractivity contribution < 1.29 is 13.2 Å². The molecule has 0 spiro atoms. The fraction of sp³-hybridized carbons (Fsp3) is 0. The van der Waals surface area contributed by atoms with E-state index >= 15 is 0 Å². The van der Waals surface area contributed by atoms with Crippen LogP contribution in [0.4, 0.5) is 18.9 Å². The number of rotatable bonds is 4. The van der Waals surface area contributed by atoms with Gasteiger partial charge >= 0.3 is 0 Å². The van der Waals surface area contributed by atoms with E-state index in [2.05, 4.69) is 20.8 Å². The van der Waals surface area contributed by atoms with Crippen molar-refractivity contribution in [3.63, 3.8) is 0 Å². The third kappa shape index (κ3) is 3.37. The van der Waals surface area contributed by atoms with E-state index in [0.29, 0.717) is 11.5 Å². The minimum Gasteiger partial charge on any atom is -0.359 e. The van der Waals surface area contributed by atoms with Gasteiger partial charge in [0.25, 0.3) is 0 Å². The Labute approximate surface area is 129 Å². The number of hydrogen-bond donors (Lipinski definition) is 1. The Morgan fingerprint density at radius 2 is 1.70 bits per heavy atom. The summed E-state index contributed by atoms with van der Waals surface area (Å²) < 4.78 is 40.6. The summed E-state index contributed by atoms with van der Waals surface area (Å²) in [5.41, 5.74) is 0.687. The molecule has 0 saturated carbocycles. The second kappa shape index (κ2) is 6.30. The number of anilines is 1. The van der Waals surface area contributed by atoms with Gasteiger partial charge in [-0.25, -0.2) is 13.2 Å². The van der Waals surface area contributed by atoms with Crippen molar-refractivity contribution in [2.24, 2.45) is 0 Å². The Hall–Kier alpha value is -3.16. The number of halogens is 3. The quantitative estimate of drug-likeness (QED) is 0.803. The van der Waals surface area contributed by atoms with Crippen molar-refractivity contribution in [3.05, 3.63) is 71.9 Å². The summed E-state index contributed by atoms with van der Waals surface area (Å²) in [4.78, 5) is 0. The molecule has 0 aliphatic heterocycles. The van der Waals surface area contributed by atoms with Crippen LogP contribution in [0, 0.1) is 17.5 Å². The van der Waals surface area contributed by atoms with E-state index in [4.69, 9.17) is 0 Å². The van der Waals surface area contributed by atoms with Gasteiger partial charge in [-0.1, -0.05) is 0 Å². The lowest BCUT2D eigenvalue weighted by Gasteiger charge is -2.03. The molecule has 0 aliphatic carbocycles. The molecule has 23 heavy (non-hydrogen) atoms. The molecule has 3 aromatic rings. The molecule has 1 N–H and O–H groups in total. The van der Waals surface area contributed by atoms with Gasteiger partial charge in [0.1, 0.15) is 17.5 Å². The van der Waals surface area contributed by atoms with E-state index in [-0.39, 0.29) is 11.5 Å². The first-order valence-electron chi connectivity index (χ1n) is 6.56. The number of nitrogens with zero attached hydrogens (tertiary/aromatic N) is 4. The average molecular weight is 317 g/mol. The van der Waals surface area contributed by atoms with Crippen LogP contribution in [0.2, 0.25) is 0 Å². The molecule has 0 saturated heterocycles. The largest absolute Gasteiger partial charge is 0.359 e. The van der Waals surface area contributed by atoms with Crippen LogP contribution in [0.5, 0.6) is 0 Å². The van der Waals surface area contributed by atoms with Crippen LogP contribution in [0.3, 0.4) is 0 Å². The summed E-state index contributed by atoms with van der Waals surface area (Å²) in [5, 5.41) is 13.8. The Balaban J connectivity index is 1.78. The molecule has 0 unspecified atom stereocenters. The zero-order chi connectivity index (χ0) is 16.2. The number of tetrazole rings is 1. The number of aromatic nitrogens is 4. The molecule has 1 aromatic heterocycles. The van der Waals surface area contributed by atoms with E-state index in [9.17, 15) is 13.2 Å². The molecular formula is C15H10F3N5. The number of hydrogen-bond acceptors (Lipinski definition) is 4. The monoisotopic (exact) mass is 317 g/mol. The van der Waals surface area contributed by atoms with Crippen LogP contribution in [0.15, 0.2) is 48.7 Å². The lowest BCUT2D eigenvalue weighted by molar-refractivity contribution is 0.586. The molecule has 0 aliphatic rings. The molecule has 5 nitrogen and oxygen atoms in total. The van der Waals surface area contributed by atoms with Crippen molar-refractivity contribution in [2.45, 2.75) is 0 Å². The molecule has 1 heterocycles. The topological polar surface area (TPSA) is 55.6 Å².